The summed E-state index contributed by atoms with van der Waals surface area (Å²) < 4.78 is 0. The predicted molar refractivity (Wildman–Crippen MR) is 107 cm³/mol. The molecule has 0 aliphatic carbocycles. The maximum absolute atomic E-state index is 6.35. The molecule has 0 bridgehead atoms. The van der Waals surface area contributed by atoms with Gasteiger partial charge in [-0.25, -0.2) is 15.0 Å². The van der Waals surface area contributed by atoms with Crippen LogP contribution in [0.15, 0.2) is 55.2 Å². The van der Waals surface area contributed by atoms with Gasteiger partial charge in [-0.1, -0.05) is 12.1 Å². The average Bonchev–Trinajstić information content (AvgIpc) is 2.75. The summed E-state index contributed by atoms with van der Waals surface area (Å²) in [5.41, 5.74) is 8.00. The standard InChI is InChI=1S/C19H22N8/c20-17-18(23-13-15-4-3-6-21-12-15)24-14-25-19(17)27-10-8-26(9-11-27)16-5-1-2-7-22-16/h1-7,12,14H,8-11,13,20H2,(H,23,24,25). The van der Waals surface area contributed by atoms with Gasteiger partial charge in [0.25, 0.3) is 0 Å². The second-order valence-electron chi connectivity index (χ2n) is 6.34. The molecule has 138 valence electrons. The zero-order valence-corrected chi connectivity index (χ0v) is 15.0. The number of nitrogens with two attached hydrogens (primary N) is 1. The van der Waals surface area contributed by atoms with E-state index in [1.165, 1.54) is 0 Å². The first kappa shape index (κ1) is 17.0. The van der Waals surface area contributed by atoms with Gasteiger partial charge in [0.1, 0.15) is 17.8 Å². The van der Waals surface area contributed by atoms with Crippen LogP contribution in [0.1, 0.15) is 5.56 Å². The molecule has 3 aromatic heterocycles. The molecular weight excluding hydrogens is 340 g/mol. The molecule has 1 aliphatic rings. The molecule has 1 aliphatic heterocycles. The van der Waals surface area contributed by atoms with E-state index in [0.29, 0.717) is 18.1 Å². The maximum atomic E-state index is 6.35. The molecule has 1 fully saturated rings. The van der Waals surface area contributed by atoms with Gasteiger partial charge in [0.05, 0.1) is 0 Å². The average molecular weight is 362 g/mol. The molecule has 0 radical (unpaired) electrons. The highest BCUT2D eigenvalue weighted by Gasteiger charge is 2.21. The SMILES string of the molecule is Nc1c(NCc2cccnc2)ncnc1N1CCN(c2ccccn2)CC1. The highest BCUT2D eigenvalue weighted by Crippen LogP contribution is 2.27. The van der Waals surface area contributed by atoms with Crippen LogP contribution < -0.4 is 20.9 Å². The van der Waals surface area contributed by atoms with Crippen molar-refractivity contribution in [2.45, 2.75) is 6.54 Å². The fourth-order valence-corrected chi connectivity index (χ4v) is 3.16. The molecule has 0 spiro atoms. The van der Waals surface area contributed by atoms with Crippen LogP contribution in [0.2, 0.25) is 0 Å². The van der Waals surface area contributed by atoms with Gasteiger partial charge in [0, 0.05) is 51.3 Å². The third-order valence-corrected chi connectivity index (χ3v) is 4.60. The smallest absolute Gasteiger partial charge is 0.157 e. The lowest BCUT2D eigenvalue weighted by molar-refractivity contribution is 0.642. The zero-order chi connectivity index (χ0) is 18.5. The second kappa shape index (κ2) is 7.86. The number of nitrogen functional groups attached to an aromatic ring is 1. The van der Waals surface area contributed by atoms with Crippen molar-refractivity contribution in [3.8, 4) is 0 Å². The van der Waals surface area contributed by atoms with E-state index < -0.39 is 0 Å². The number of piperazine rings is 1. The van der Waals surface area contributed by atoms with Crippen molar-refractivity contribution >= 4 is 23.1 Å². The molecule has 1 saturated heterocycles. The monoisotopic (exact) mass is 362 g/mol. The first-order valence-electron chi connectivity index (χ1n) is 8.95. The number of pyridine rings is 2. The zero-order valence-electron chi connectivity index (χ0n) is 15.0. The van der Waals surface area contributed by atoms with E-state index in [1.54, 1.807) is 12.5 Å². The quantitative estimate of drug-likeness (QED) is 0.709. The van der Waals surface area contributed by atoms with E-state index in [4.69, 9.17) is 5.73 Å². The summed E-state index contributed by atoms with van der Waals surface area (Å²) >= 11 is 0. The third-order valence-electron chi connectivity index (χ3n) is 4.60. The Hall–Kier alpha value is -3.42. The summed E-state index contributed by atoms with van der Waals surface area (Å²) in [6, 6.07) is 9.90. The van der Waals surface area contributed by atoms with Crippen molar-refractivity contribution in [2.75, 3.05) is 47.0 Å². The third kappa shape index (κ3) is 3.89. The summed E-state index contributed by atoms with van der Waals surface area (Å²) in [5.74, 6) is 2.43. The molecule has 0 aromatic carbocycles. The van der Waals surface area contributed by atoms with Crippen LogP contribution in [-0.2, 0) is 6.54 Å². The molecular formula is C19H22N8. The van der Waals surface area contributed by atoms with E-state index in [-0.39, 0.29) is 0 Å². The molecule has 0 unspecified atom stereocenters. The number of rotatable bonds is 5. The van der Waals surface area contributed by atoms with E-state index in [0.717, 1.165) is 43.4 Å². The summed E-state index contributed by atoms with van der Waals surface area (Å²) in [6.45, 7) is 4.03. The first-order valence-corrected chi connectivity index (χ1v) is 8.95. The number of nitrogens with one attached hydrogen (secondary N) is 1. The lowest BCUT2D eigenvalue weighted by atomic mass is 10.2. The number of hydrogen-bond acceptors (Lipinski definition) is 8. The molecule has 0 saturated carbocycles. The van der Waals surface area contributed by atoms with E-state index in [1.807, 2.05) is 42.7 Å². The van der Waals surface area contributed by atoms with E-state index in [2.05, 4.69) is 35.1 Å². The molecule has 0 atom stereocenters. The largest absolute Gasteiger partial charge is 0.393 e. The Labute approximate surface area is 158 Å². The number of anilines is 4. The molecule has 27 heavy (non-hydrogen) atoms. The molecule has 3 aromatic rings. The Balaban J connectivity index is 1.42. The van der Waals surface area contributed by atoms with Gasteiger partial charge < -0.3 is 20.9 Å². The minimum atomic E-state index is 0.577. The molecule has 8 nitrogen and oxygen atoms in total. The van der Waals surface area contributed by atoms with E-state index >= 15 is 0 Å². The predicted octanol–water partition coefficient (Wildman–Crippen LogP) is 1.79. The van der Waals surface area contributed by atoms with Gasteiger partial charge in [-0.2, -0.15) is 0 Å². The second-order valence-corrected chi connectivity index (χ2v) is 6.34. The van der Waals surface area contributed by atoms with Crippen molar-refractivity contribution in [1.29, 1.82) is 0 Å². The lowest BCUT2D eigenvalue weighted by Crippen LogP contribution is -2.47. The van der Waals surface area contributed by atoms with Gasteiger partial charge >= 0.3 is 0 Å². The minimum absolute atomic E-state index is 0.577. The topological polar surface area (TPSA) is 96.1 Å². The highest BCUT2D eigenvalue weighted by atomic mass is 15.3. The van der Waals surface area contributed by atoms with Crippen molar-refractivity contribution in [2.24, 2.45) is 0 Å². The van der Waals surface area contributed by atoms with Crippen molar-refractivity contribution in [1.82, 2.24) is 19.9 Å². The summed E-state index contributed by atoms with van der Waals surface area (Å²) in [7, 11) is 0. The van der Waals surface area contributed by atoms with Crippen LogP contribution in [0.4, 0.5) is 23.1 Å². The van der Waals surface area contributed by atoms with Gasteiger partial charge in [0.15, 0.2) is 11.6 Å². The van der Waals surface area contributed by atoms with Crippen LogP contribution in [0.3, 0.4) is 0 Å². The Morgan fingerprint density at radius 2 is 1.78 bits per heavy atom. The Morgan fingerprint density at radius 1 is 0.926 bits per heavy atom. The van der Waals surface area contributed by atoms with Gasteiger partial charge in [-0.15, -0.1) is 0 Å². The van der Waals surface area contributed by atoms with Crippen LogP contribution >= 0.6 is 0 Å². The fourth-order valence-electron chi connectivity index (χ4n) is 3.16. The highest BCUT2D eigenvalue weighted by molar-refractivity contribution is 5.75. The number of aromatic nitrogens is 4. The molecule has 4 heterocycles. The van der Waals surface area contributed by atoms with Crippen LogP contribution in [-0.4, -0.2) is 46.1 Å². The van der Waals surface area contributed by atoms with Crippen LogP contribution in [0.5, 0.6) is 0 Å². The molecule has 4 rings (SSSR count). The Kier molecular flexibility index (Phi) is 4.95. The number of nitrogens with zero attached hydrogens (tertiary/aromatic N) is 6. The molecule has 3 N–H and O–H groups in total. The summed E-state index contributed by atoms with van der Waals surface area (Å²) in [4.78, 5) is 21.7. The van der Waals surface area contributed by atoms with Crippen LogP contribution in [0, 0.1) is 0 Å². The van der Waals surface area contributed by atoms with Gasteiger partial charge in [0.2, 0.25) is 0 Å². The number of hydrogen-bond donors (Lipinski definition) is 2. The Bertz CT molecular complexity index is 863. The van der Waals surface area contributed by atoms with Crippen molar-refractivity contribution in [3.05, 3.63) is 60.8 Å². The van der Waals surface area contributed by atoms with Gasteiger partial charge in [-0.05, 0) is 23.8 Å². The molecule has 8 heteroatoms. The first-order chi connectivity index (χ1) is 13.3. The van der Waals surface area contributed by atoms with Crippen molar-refractivity contribution < 1.29 is 0 Å². The molecule has 0 amide bonds. The minimum Gasteiger partial charge on any atom is -0.393 e. The lowest BCUT2D eigenvalue weighted by Gasteiger charge is -2.36. The summed E-state index contributed by atoms with van der Waals surface area (Å²) in [6.07, 6.45) is 6.96. The maximum Gasteiger partial charge on any atom is 0.157 e. The van der Waals surface area contributed by atoms with Crippen molar-refractivity contribution in [3.63, 3.8) is 0 Å². The van der Waals surface area contributed by atoms with Crippen LogP contribution in [0.25, 0.3) is 0 Å². The van der Waals surface area contributed by atoms with E-state index in [9.17, 15) is 0 Å². The Morgan fingerprint density at radius 3 is 2.52 bits per heavy atom. The van der Waals surface area contributed by atoms with Gasteiger partial charge in [-0.3, -0.25) is 4.98 Å². The summed E-state index contributed by atoms with van der Waals surface area (Å²) in [5, 5.41) is 3.28. The fraction of sp³-hybridized carbons (Fsp3) is 0.263. The normalized spacial score (nSPS) is 14.2.